The van der Waals surface area contributed by atoms with Crippen LogP contribution in [0.4, 0.5) is 0 Å². The van der Waals surface area contributed by atoms with Crippen LogP contribution < -0.4 is 16.4 Å². The maximum atomic E-state index is 13.6. The molecule has 3 aliphatic rings. The van der Waals surface area contributed by atoms with Gasteiger partial charge in [0.15, 0.2) is 0 Å². The number of thiophene rings is 1. The van der Waals surface area contributed by atoms with Crippen LogP contribution in [0.3, 0.4) is 0 Å². The molecular formula is C28H38N6O3S. The molecule has 10 heteroatoms. The first-order valence-corrected chi connectivity index (χ1v) is 14.5. The highest BCUT2D eigenvalue weighted by atomic mass is 32.1. The third-order valence-corrected chi connectivity index (χ3v) is 8.61. The summed E-state index contributed by atoms with van der Waals surface area (Å²) >= 11 is 1.59. The molecular weight excluding hydrogens is 500 g/mol. The van der Waals surface area contributed by atoms with Crippen molar-refractivity contribution in [2.24, 2.45) is 16.6 Å². The Morgan fingerprint density at radius 3 is 2.71 bits per heavy atom. The summed E-state index contributed by atoms with van der Waals surface area (Å²) in [5.74, 6) is 0.0984. The van der Waals surface area contributed by atoms with Crippen molar-refractivity contribution in [3.63, 3.8) is 0 Å². The summed E-state index contributed by atoms with van der Waals surface area (Å²) in [4.78, 5) is 36.6. The van der Waals surface area contributed by atoms with E-state index in [2.05, 4.69) is 10.6 Å². The summed E-state index contributed by atoms with van der Waals surface area (Å²) in [6.45, 7) is 5.63. The number of nitrogens with zero attached hydrogens (tertiary/aromatic N) is 3. The quantitative estimate of drug-likeness (QED) is 0.498. The molecule has 2 aromatic rings. The summed E-state index contributed by atoms with van der Waals surface area (Å²) in [5.41, 5.74) is 7.52. The lowest BCUT2D eigenvalue weighted by Crippen LogP contribution is -2.63. The molecule has 5 rings (SSSR count). The van der Waals surface area contributed by atoms with E-state index in [-0.39, 0.29) is 24.0 Å². The van der Waals surface area contributed by atoms with Gasteiger partial charge in [0.25, 0.3) is 6.02 Å². The van der Waals surface area contributed by atoms with Gasteiger partial charge in [0.2, 0.25) is 11.8 Å². The highest BCUT2D eigenvalue weighted by Crippen LogP contribution is 2.30. The van der Waals surface area contributed by atoms with Gasteiger partial charge in [-0.25, -0.2) is 4.99 Å². The van der Waals surface area contributed by atoms with E-state index in [4.69, 9.17) is 15.5 Å². The smallest absolute Gasteiger partial charge is 0.288 e. The Morgan fingerprint density at radius 1 is 1.18 bits per heavy atom. The maximum Gasteiger partial charge on any atom is 0.288 e. The zero-order chi connectivity index (χ0) is 26.5. The van der Waals surface area contributed by atoms with E-state index in [9.17, 15) is 9.59 Å². The Morgan fingerprint density at radius 2 is 1.97 bits per heavy atom. The number of amides is 2. The molecule has 2 fully saturated rings. The van der Waals surface area contributed by atoms with Crippen molar-refractivity contribution in [2.75, 3.05) is 32.7 Å². The van der Waals surface area contributed by atoms with Crippen LogP contribution in [0.1, 0.15) is 42.7 Å². The number of amidine groups is 1. The lowest BCUT2D eigenvalue weighted by Gasteiger charge is -2.42. The highest BCUT2D eigenvalue weighted by Gasteiger charge is 2.41. The highest BCUT2D eigenvalue weighted by molar-refractivity contribution is 7.09. The van der Waals surface area contributed by atoms with Gasteiger partial charge in [-0.2, -0.15) is 0 Å². The van der Waals surface area contributed by atoms with Crippen molar-refractivity contribution in [2.45, 2.75) is 57.0 Å². The molecule has 1 aromatic heterocycles. The van der Waals surface area contributed by atoms with Crippen molar-refractivity contribution in [3.8, 4) is 0 Å². The number of aliphatic imine (C=N–C) groups is 1. The second-order valence-electron chi connectivity index (χ2n) is 10.4. The van der Waals surface area contributed by atoms with Gasteiger partial charge in [0.05, 0.1) is 25.2 Å². The topological polar surface area (TPSA) is 112 Å². The Bertz CT molecular complexity index is 1110. The van der Waals surface area contributed by atoms with Crippen LogP contribution in [-0.4, -0.2) is 78.5 Å². The van der Waals surface area contributed by atoms with Gasteiger partial charge in [-0.1, -0.05) is 36.4 Å². The number of piperidine rings is 1. The molecule has 2 saturated heterocycles. The second-order valence-corrected chi connectivity index (χ2v) is 11.5. The van der Waals surface area contributed by atoms with Crippen LogP contribution in [0, 0.1) is 5.92 Å². The Kier molecular flexibility index (Phi) is 8.61. The molecule has 9 nitrogen and oxygen atoms in total. The van der Waals surface area contributed by atoms with E-state index >= 15 is 0 Å². The van der Waals surface area contributed by atoms with Gasteiger partial charge in [-0.15, -0.1) is 11.3 Å². The first-order chi connectivity index (χ1) is 18.5. The second kappa shape index (κ2) is 12.3. The van der Waals surface area contributed by atoms with Crippen molar-refractivity contribution >= 4 is 29.2 Å². The first kappa shape index (κ1) is 26.6. The predicted octanol–water partition coefficient (Wildman–Crippen LogP) is 2.11. The lowest BCUT2D eigenvalue weighted by molar-refractivity contribution is -0.144. The fourth-order valence-electron chi connectivity index (χ4n) is 5.57. The molecule has 38 heavy (non-hydrogen) atoms. The first-order valence-electron chi connectivity index (χ1n) is 13.6. The Balaban J connectivity index is 1.28. The number of nitrogens with one attached hydrogen (secondary N) is 2. The minimum atomic E-state index is -0.673. The third-order valence-electron chi connectivity index (χ3n) is 7.73. The number of rotatable bonds is 7. The van der Waals surface area contributed by atoms with Crippen molar-refractivity contribution < 1.29 is 14.3 Å². The molecule has 4 atom stereocenters. The van der Waals surface area contributed by atoms with Gasteiger partial charge in [-0.05, 0) is 62.2 Å². The molecule has 1 aromatic carbocycles. The summed E-state index contributed by atoms with van der Waals surface area (Å²) < 4.78 is 6.30. The average Bonchev–Trinajstić information content (AvgIpc) is 3.62. The number of benzene rings is 1. The standard InChI is InChI=1S/C28H38N6O3S/c1-19-25(21-6-3-2-4-7-21)37-28(32-19)33-13-14-34(27(36)23(29)16-20-9-11-30-12-10-20)24(18-33)26(35)31-17-22-8-5-15-38-22/h2-8,15,19-20,23-25,30H,9-14,16-18,29H2,1H3,(H,31,35)/t19-,23+,24-,25+/m0/s1. The summed E-state index contributed by atoms with van der Waals surface area (Å²) in [5, 5.41) is 8.38. The van der Waals surface area contributed by atoms with Crippen LogP contribution in [0.5, 0.6) is 0 Å². The van der Waals surface area contributed by atoms with Gasteiger partial charge in [0.1, 0.15) is 12.1 Å². The van der Waals surface area contributed by atoms with E-state index in [1.165, 1.54) is 0 Å². The molecule has 2 amide bonds. The molecule has 204 valence electrons. The lowest BCUT2D eigenvalue weighted by atomic mass is 9.90. The van der Waals surface area contributed by atoms with Gasteiger partial charge in [0, 0.05) is 18.0 Å². The minimum absolute atomic E-state index is 0.0448. The summed E-state index contributed by atoms with van der Waals surface area (Å²) in [6.07, 6.45) is 2.53. The van der Waals surface area contributed by atoms with Gasteiger partial charge < -0.3 is 30.9 Å². The van der Waals surface area contributed by atoms with Crippen molar-refractivity contribution in [3.05, 3.63) is 58.3 Å². The molecule has 4 heterocycles. The number of nitrogens with two attached hydrogens (primary N) is 1. The molecule has 0 aliphatic carbocycles. The Labute approximate surface area is 228 Å². The van der Waals surface area contributed by atoms with Crippen LogP contribution in [0.2, 0.25) is 0 Å². The van der Waals surface area contributed by atoms with E-state index in [0.29, 0.717) is 44.5 Å². The molecule has 4 N–H and O–H groups in total. The minimum Gasteiger partial charge on any atom is -0.455 e. The zero-order valence-corrected chi connectivity index (χ0v) is 22.7. The number of hydrogen-bond acceptors (Lipinski definition) is 8. The van der Waals surface area contributed by atoms with Crippen LogP contribution in [0.15, 0.2) is 52.8 Å². The average molecular weight is 539 g/mol. The number of carbonyl (C=O) groups is 2. The molecule has 0 spiro atoms. The fourth-order valence-corrected chi connectivity index (χ4v) is 6.21. The zero-order valence-electron chi connectivity index (χ0n) is 21.9. The van der Waals surface area contributed by atoms with E-state index < -0.39 is 12.1 Å². The number of ether oxygens (including phenoxy) is 1. The Hall–Kier alpha value is -2.95. The van der Waals surface area contributed by atoms with Crippen LogP contribution in [0.25, 0.3) is 0 Å². The largest absolute Gasteiger partial charge is 0.455 e. The molecule has 0 bridgehead atoms. The third kappa shape index (κ3) is 6.19. The number of piperazine rings is 1. The predicted molar refractivity (Wildman–Crippen MR) is 149 cm³/mol. The van der Waals surface area contributed by atoms with E-state index in [1.807, 2.05) is 59.7 Å². The normalized spacial score (nSPS) is 25.0. The fraction of sp³-hybridized carbons (Fsp3) is 0.536. The monoisotopic (exact) mass is 538 g/mol. The van der Waals surface area contributed by atoms with Crippen molar-refractivity contribution in [1.29, 1.82) is 0 Å². The molecule has 0 saturated carbocycles. The SMILES string of the molecule is C[C@@H]1N=C(N2CCN(C(=O)[C@H](N)CC3CCNCC3)[C@H](C(=O)NCc3cccs3)C2)O[C@H]1c1ccccc1. The molecule has 3 aliphatic heterocycles. The van der Waals surface area contributed by atoms with Gasteiger partial charge >= 0.3 is 0 Å². The van der Waals surface area contributed by atoms with Crippen LogP contribution in [-0.2, 0) is 20.9 Å². The van der Waals surface area contributed by atoms with Crippen molar-refractivity contribution in [1.82, 2.24) is 20.4 Å². The van der Waals surface area contributed by atoms with Crippen LogP contribution >= 0.6 is 11.3 Å². The molecule has 0 unspecified atom stereocenters. The maximum absolute atomic E-state index is 13.6. The number of hydrogen-bond donors (Lipinski definition) is 3. The van der Waals surface area contributed by atoms with E-state index in [0.717, 1.165) is 36.4 Å². The van der Waals surface area contributed by atoms with Gasteiger partial charge in [-0.3, -0.25) is 9.59 Å². The molecule has 0 radical (unpaired) electrons. The number of carbonyl (C=O) groups excluding carboxylic acids is 2. The summed E-state index contributed by atoms with van der Waals surface area (Å²) in [7, 11) is 0. The van der Waals surface area contributed by atoms with E-state index in [1.54, 1.807) is 16.2 Å². The summed E-state index contributed by atoms with van der Waals surface area (Å²) in [6, 6.07) is 13.2.